The van der Waals surface area contributed by atoms with Crippen LogP contribution in [0, 0.1) is 19.8 Å². The molecule has 1 saturated carbocycles. The van der Waals surface area contributed by atoms with Gasteiger partial charge in [-0.3, -0.25) is 0 Å². The van der Waals surface area contributed by atoms with Crippen molar-refractivity contribution < 1.29 is 4.74 Å². The molecular weight excluding hydrogens is 202 g/mol. The van der Waals surface area contributed by atoms with Crippen LogP contribution in [-0.2, 0) is 0 Å². The molecule has 1 aromatic rings. The van der Waals surface area contributed by atoms with E-state index in [1.165, 1.54) is 0 Å². The third-order valence-corrected chi connectivity index (χ3v) is 2.92. The molecule has 0 radical (unpaired) electrons. The zero-order valence-electron chi connectivity index (χ0n) is 10.2. The zero-order valence-corrected chi connectivity index (χ0v) is 10.2. The number of nitrogens with one attached hydrogen (secondary N) is 1. The lowest BCUT2D eigenvalue weighted by Crippen LogP contribution is -2.39. The summed E-state index contributed by atoms with van der Waals surface area (Å²) in [5.41, 5.74) is 1.93. The molecule has 1 aliphatic rings. The van der Waals surface area contributed by atoms with Crippen molar-refractivity contribution in [1.29, 1.82) is 0 Å². The van der Waals surface area contributed by atoms with Crippen molar-refractivity contribution in [3.63, 3.8) is 0 Å². The van der Waals surface area contributed by atoms with E-state index in [9.17, 15) is 0 Å². The number of aromatic nitrogens is 2. The lowest BCUT2D eigenvalue weighted by atomic mass is 9.82. The molecule has 16 heavy (non-hydrogen) atoms. The lowest BCUT2D eigenvalue weighted by molar-refractivity contribution is 0.0570. The number of hydrogen-bond acceptors (Lipinski definition) is 4. The van der Waals surface area contributed by atoms with Gasteiger partial charge in [-0.05, 0) is 52.3 Å². The van der Waals surface area contributed by atoms with Crippen LogP contribution in [0.3, 0.4) is 0 Å². The average molecular weight is 221 g/mol. The van der Waals surface area contributed by atoms with Gasteiger partial charge in [0, 0.05) is 11.4 Å². The van der Waals surface area contributed by atoms with Crippen LogP contribution in [0.25, 0.3) is 0 Å². The number of nitrogens with zero attached hydrogens (tertiary/aromatic N) is 2. The van der Waals surface area contributed by atoms with Gasteiger partial charge in [-0.2, -0.15) is 0 Å². The molecule has 0 bridgehead atoms. The summed E-state index contributed by atoms with van der Waals surface area (Å²) in [6.45, 7) is 5.01. The van der Waals surface area contributed by atoms with Gasteiger partial charge in [-0.25, -0.2) is 9.97 Å². The lowest BCUT2D eigenvalue weighted by Gasteiger charge is -2.34. The molecule has 0 unspecified atom stereocenters. The van der Waals surface area contributed by atoms with Crippen molar-refractivity contribution in [2.24, 2.45) is 5.92 Å². The van der Waals surface area contributed by atoms with Gasteiger partial charge < -0.3 is 10.1 Å². The van der Waals surface area contributed by atoms with Gasteiger partial charge in [0.15, 0.2) is 0 Å². The molecule has 0 amide bonds. The Hall–Kier alpha value is -1.16. The molecule has 4 nitrogen and oxygen atoms in total. The highest BCUT2D eigenvalue weighted by Gasteiger charge is 2.30. The predicted octanol–water partition coefficient (Wildman–Crippen LogP) is 1.47. The molecule has 1 heterocycles. The first-order valence-electron chi connectivity index (χ1n) is 5.81. The van der Waals surface area contributed by atoms with E-state index in [-0.39, 0.29) is 0 Å². The van der Waals surface area contributed by atoms with Crippen LogP contribution in [0.15, 0.2) is 6.07 Å². The fourth-order valence-corrected chi connectivity index (χ4v) is 2.12. The van der Waals surface area contributed by atoms with Gasteiger partial charge in [0.2, 0.25) is 0 Å². The Kier molecular flexibility index (Phi) is 3.39. The fourth-order valence-electron chi connectivity index (χ4n) is 2.12. The molecule has 88 valence electrons. The van der Waals surface area contributed by atoms with Crippen LogP contribution in [0.2, 0.25) is 0 Å². The Balaban J connectivity index is 1.86. The van der Waals surface area contributed by atoms with Gasteiger partial charge in [0.25, 0.3) is 0 Å². The van der Waals surface area contributed by atoms with E-state index in [1.54, 1.807) is 0 Å². The third-order valence-electron chi connectivity index (χ3n) is 2.92. The average Bonchev–Trinajstić information content (AvgIpc) is 2.13. The molecule has 0 spiro atoms. The summed E-state index contributed by atoms with van der Waals surface area (Å²) >= 11 is 0. The summed E-state index contributed by atoms with van der Waals surface area (Å²) in [5, 5.41) is 3.19. The summed E-state index contributed by atoms with van der Waals surface area (Å²) in [5.74, 6) is 0.751. The summed E-state index contributed by atoms with van der Waals surface area (Å²) in [6, 6.07) is 2.49. The highest BCUT2D eigenvalue weighted by atomic mass is 16.5. The standard InChI is InChI=1S/C12H19N3O/c1-8-4-9(2)15-12(14-8)16-11-5-10(6-11)7-13-3/h4,10-11,13H,5-7H2,1-3H3. The number of hydrogen-bond donors (Lipinski definition) is 1. The van der Waals surface area contributed by atoms with Crippen molar-refractivity contribution in [3.8, 4) is 6.01 Å². The molecular formula is C12H19N3O. The Morgan fingerprint density at radius 2 is 1.94 bits per heavy atom. The molecule has 1 aromatic heterocycles. The molecule has 1 aliphatic carbocycles. The van der Waals surface area contributed by atoms with Crippen molar-refractivity contribution >= 4 is 0 Å². The minimum absolute atomic E-state index is 0.305. The topological polar surface area (TPSA) is 47.0 Å². The summed E-state index contributed by atoms with van der Waals surface area (Å²) < 4.78 is 5.74. The number of aryl methyl sites for hydroxylation is 2. The van der Waals surface area contributed by atoms with Gasteiger partial charge in [-0.15, -0.1) is 0 Å². The fraction of sp³-hybridized carbons (Fsp3) is 0.667. The first kappa shape index (κ1) is 11.3. The smallest absolute Gasteiger partial charge is 0.317 e. The molecule has 2 rings (SSSR count). The van der Waals surface area contributed by atoms with Crippen LogP contribution in [-0.4, -0.2) is 29.7 Å². The molecule has 0 aliphatic heterocycles. The van der Waals surface area contributed by atoms with Crippen molar-refractivity contribution in [3.05, 3.63) is 17.5 Å². The molecule has 0 aromatic carbocycles. The Morgan fingerprint density at radius 3 is 2.50 bits per heavy atom. The van der Waals surface area contributed by atoms with Gasteiger partial charge in [-0.1, -0.05) is 0 Å². The van der Waals surface area contributed by atoms with E-state index in [0.29, 0.717) is 12.1 Å². The third kappa shape index (κ3) is 2.70. The minimum Gasteiger partial charge on any atom is -0.460 e. The maximum atomic E-state index is 5.74. The summed E-state index contributed by atoms with van der Waals surface area (Å²) in [4.78, 5) is 8.56. The quantitative estimate of drug-likeness (QED) is 0.836. The second-order valence-corrected chi connectivity index (χ2v) is 4.57. The van der Waals surface area contributed by atoms with Crippen LogP contribution >= 0.6 is 0 Å². The van der Waals surface area contributed by atoms with Gasteiger partial charge >= 0.3 is 6.01 Å². The first-order chi connectivity index (χ1) is 7.67. The monoisotopic (exact) mass is 221 g/mol. The van der Waals surface area contributed by atoms with Crippen molar-refractivity contribution in [2.75, 3.05) is 13.6 Å². The van der Waals surface area contributed by atoms with Crippen LogP contribution in [0.4, 0.5) is 0 Å². The second-order valence-electron chi connectivity index (χ2n) is 4.57. The first-order valence-corrected chi connectivity index (χ1v) is 5.81. The van der Waals surface area contributed by atoms with Crippen LogP contribution in [0.5, 0.6) is 6.01 Å². The van der Waals surface area contributed by atoms with Crippen LogP contribution in [0.1, 0.15) is 24.2 Å². The van der Waals surface area contributed by atoms with Crippen LogP contribution < -0.4 is 10.1 Å². The van der Waals surface area contributed by atoms with E-state index in [4.69, 9.17) is 4.74 Å². The summed E-state index contributed by atoms with van der Waals surface area (Å²) in [7, 11) is 1.99. The Bertz CT molecular complexity index is 341. The number of ether oxygens (including phenoxy) is 1. The van der Waals surface area contributed by atoms with Crippen molar-refractivity contribution in [1.82, 2.24) is 15.3 Å². The molecule has 4 heteroatoms. The van der Waals surface area contributed by atoms with E-state index in [0.717, 1.165) is 36.7 Å². The highest BCUT2D eigenvalue weighted by molar-refractivity contribution is 5.11. The van der Waals surface area contributed by atoms with Gasteiger partial charge in [0.1, 0.15) is 6.10 Å². The molecule has 1 fully saturated rings. The van der Waals surface area contributed by atoms with E-state index < -0.39 is 0 Å². The molecule has 0 saturated heterocycles. The second kappa shape index (κ2) is 4.78. The predicted molar refractivity (Wildman–Crippen MR) is 62.6 cm³/mol. The zero-order chi connectivity index (χ0) is 11.5. The SMILES string of the molecule is CNCC1CC(Oc2nc(C)cc(C)n2)C1. The van der Waals surface area contributed by atoms with E-state index in [2.05, 4.69) is 15.3 Å². The Labute approximate surface area is 96.4 Å². The van der Waals surface area contributed by atoms with E-state index in [1.807, 2.05) is 27.0 Å². The maximum Gasteiger partial charge on any atom is 0.317 e. The van der Waals surface area contributed by atoms with Gasteiger partial charge in [0.05, 0.1) is 0 Å². The normalized spacial score (nSPS) is 23.9. The molecule has 0 atom stereocenters. The van der Waals surface area contributed by atoms with Crippen molar-refractivity contribution in [2.45, 2.75) is 32.8 Å². The largest absolute Gasteiger partial charge is 0.460 e. The molecule has 1 N–H and O–H groups in total. The maximum absolute atomic E-state index is 5.74. The highest BCUT2D eigenvalue weighted by Crippen LogP contribution is 2.29. The minimum atomic E-state index is 0.305. The summed E-state index contributed by atoms with van der Waals surface area (Å²) in [6.07, 6.45) is 2.52. The van der Waals surface area contributed by atoms with E-state index >= 15 is 0 Å². The Morgan fingerprint density at radius 1 is 1.31 bits per heavy atom. The number of rotatable bonds is 4.